The van der Waals surface area contributed by atoms with Gasteiger partial charge in [0.1, 0.15) is 5.52 Å². The first-order valence-corrected chi connectivity index (χ1v) is 5.21. The zero-order valence-electron chi connectivity index (χ0n) is 8.58. The van der Waals surface area contributed by atoms with Crippen molar-refractivity contribution in [3.63, 3.8) is 0 Å². The van der Waals surface area contributed by atoms with Crippen LogP contribution in [0.15, 0.2) is 6.33 Å². The molecule has 0 amide bonds. The molecule has 0 saturated heterocycles. The molecule has 2 aromatic heterocycles. The molecule has 1 atom stereocenters. The monoisotopic (exact) mass is 225 g/mol. The van der Waals surface area contributed by atoms with E-state index in [0.717, 1.165) is 11.9 Å². The third-order valence-corrected chi connectivity index (χ3v) is 2.42. The molecule has 15 heavy (non-hydrogen) atoms. The summed E-state index contributed by atoms with van der Waals surface area (Å²) < 4.78 is 0. The molecule has 0 aliphatic carbocycles. The van der Waals surface area contributed by atoms with Crippen molar-refractivity contribution in [3.8, 4) is 0 Å². The maximum absolute atomic E-state index is 5.79. The number of H-pyrrole nitrogens is 1. The van der Waals surface area contributed by atoms with Crippen LogP contribution in [-0.2, 0) is 0 Å². The van der Waals surface area contributed by atoms with Crippen LogP contribution in [0.2, 0.25) is 5.28 Å². The summed E-state index contributed by atoms with van der Waals surface area (Å²) in [5.41, 5.74) is 1.38. The zero-order valence-corrected chi connectivity index (χ0v) is 9.34. The first-order valence-electron chi connectivity index (χ1n) is 4.84. The van der Waals surface area contributed by atoms with Gasteiger partial charge in [0.05, 0.1) is 6.33 Å². The van der Waals surface area contributed by atoms with Crippen LogP contribution in [0.5, 0.6) is 0 Å². The Labute approximate surface area is 92.3 Å². The largest absolute Gasteiger partial charge is 0.366 e. The molecule has 1 unspecified atom stereocenters. The number of hydrogen-bond donors (Lipinski definition) is 2. The van der Waals surface area contributed by atoms with E-state index >= 15 is 0 Å². The van der Waals surface area contributed by atoms with E-state index in [-0.39, 0.29) is 5.28 Å². The van der Waals surface area contributed by atoms with Crippen LogP contribution >= 0.6 is 11.6 Å². The number of imidazole rings is 1. The van der Waals surface area contributed by atoms with Crippen molar-refractivity contribution < 1.29 is 0 Å². The highest BCUT2D eigenvalue weighted by molar-refractivity contribution is 6.28. The Morgan fingerprint density at radius 2 is 2.33 bits per heavy atom. The van der Waals surface area contributed by atoms with Gasteiger partial charge in [-0.25, -0.2) is 4.98 Å². The average Bonchev–Trinajstić information content (AvgIpc) is 2.65. The van der Waals surface area contributed by atoms with Gasteiger partial charge in [-0.15, -0.1) is 0 Å². The fourth-order valence-electron chi connectivity index (χ4n) is 1.25. The van der Waals surface area contributed by atoms with Crippen LogP contribution in [0.1, 0.15) is 20.3 Å². The molecule has 0 aliphatic rings. The molecular weight excluding hydrogens is 214 g/mol. The molecule has 6 heteroatoms. The summed E-state index contributed by atoms with van der Waals surface area (Å²) in [5.74, 6) is 0.705. The Hall–Kier alpha value is -1.36. The van der Waals surface area contributed by atoms with Crippen molar-refractivity contribution in [3.05, 3.63) is 11.6 Å². The van der Waals surface area contributed by atoms with Gasteiger partial charge >= 0.3 is 0 Å². The molecule has 5 nitrogen and oxygen atoms in total. The number of halogens is 1. The lowest BCUT2D eigenvalue weighted by molar-refractivity contribution is 0.760. The van der Waals surface area contributed by atoms with Crippen LogP contribution in [0.4, 0.5) is 5.82 Å². The number of fused-ring (bicyclic) bond motifs is 1. The minimum atomic E-state index is 0.209. The molecule has 0 saturated carbocycles. The summed E-state index contributed by atoms with van der Waals surface area (Å²) in [6, 6.07) is 0.336. The molecule has 80 valence electrons. The topological polar surface area (TPSA) is 66.5 Å². The van der Waals surface area contributed by atoms with Crippen molar-refractivity contribution in [1.29, 1.82) is 0 Å². The number of anilines is 1. The fraction of sp³-hybridized carbons (Fsp3) is 0.444. The quantitative estimate of drug-likeness (QED) is 0.786. The molecular formula is C9H12ClN5. The number of nitrogens with zero attached hydrogens (tertiary/aromatic N) is 3. The molecule has 2 rings (SSSR count). The molecule has 2 aromatic rings. The van der Waals surface area contributed by atoms with Gasteiger partial charge in [-0.05, 0) is 24.9 Å². The van der Waals surface area contributed by atoms with E-state index in [2.05, 4.69) is 39.1 Å². The predicted octanol–water partition coefficient (Wildman–Crippen LogP) is 2.22. The van der Waals surface area contributed by atoms with Gasteiger partial charge in [-0.1, -0.05) is 6.92 Å². The van der Waals surface area contributed by atoms with E-state index in [0.29, 0.717) is 17.5 Å². The van der Waals surface area contributed by atoms with Gasteiger partial charge in [0, 0.05) is 6.04 Å². The second-order valence-electron chi connectivity index (χ2n) is 3.40. The highest BCUT2D eigenvalue weighted by Crippen LogP contribution is 2.19. The van der Waals surface area contributed by atoms with Crippen molar-refractivity contribution in [2.45, 2.75) is 26.3 Å². The maximum Gasteiger partial charge on any atom is 0.226 e. The number of nitrogens with one attached hydrogen (secondary N) is 2. The number of aromatic nitrogens is 4. The van der Waals surface area contributed by atoms with E-state index in [1.807, 2.05) is 0 Å². The van der Waals surface area contributed by atoms with Gasteiger partial charge in [0.25, 0.3) is 0 Å². The van der Waals surface area contributed by atoms with Crippen LogP contribution in [-0.4, -0.2) is 26.0 Å². The Morgan fingerprint density at radius 1 is 1.53 bits per heavy atom. The number of hydrogen-bond acceptors (Lipinski definition) is 4. The van der Waals surface area contributed by atoms with Gasteiger partial charge in [0.15, 0.2) is 11.5 Å². The molecule has 2 N–H and O–H groups in total. The lowest BCUT2D eigenvalue weighted by Gasteiger charge is -2.12. The third-order valence-electron chi connectivity index (χ3n) is 2.25. The van der Waals surface area contributed by atoms with Gasteiger partial charge in [0.2, 0.25) is 5.28 Å². The Morgan fingerprint density at radius 3 is 3.07 bits per heavy atom. The summed E-state index contributed by atoms with van der Waals surface area (Å²) in [6.45, 7) is 4.18. The van der Waals surface area contributed by atoms with E-state index < -0.39 is 0 Å². The second-order valence-corrected chi connectivity index (χ2v) is 3.73. The summed E-state index contributed by atoms with van der Waals surface area (Å²) in [5, 5.41) is 3.46. The molecule has 0 spiro atoms. The fourth-order valence-corrected chi connectivity index (χ4v) is 1.41. The molecule has 0 aliphatic heterocycles. The minimum Gasteiger partial charge on any atom is -0.366 e. The average molecular weight is 226 g/mol. The lowest BCUT2D eigenvalue weighted by Crippen LogP contribution is -2.15. The van der Waals surface area contributed by atoms with E-state index in [1.54, 1.807) is 6.33 Å². The first-order chi connectivity index (χ1) is 7.20. The molecule has 2 heterocycles. The van der Waals surface area contributed by atoms with Crippen LogP contribution in [0.25, 0.3) is 11.2 Å². The van der Waals surface area contributed by atoms with Crippen molar-refractivity contribution in [1.82, 2.24) is 19.9 Å². The summed E-state index contributed by atoms with van der Waals surface area (Å²) in [7, 11) is 0. The molecule has 0 aromatic carbocycles. The Bertz CT molecular complexity index is 466. The maximum atomic E-state index is 5.79. The molecule has 0 bridgehead atoms. The van der Waals surface area contributed by atoms with E-state index in [4.69, 9.17) is 11.6 Å². The van der Waals surface area contributed by atoms with Crippen molar-refractivity contribution >= 4 is 28.6 Å². The van der Waals surface area contributed by atoms with Crippen LogP contribution < -0.4 is 5.32 Å². The Kier molecular flexibility index (Phi) is 2.73. The predicted molar refractivity (Wildman–Crippen MR) is 60.1 cm³/mol. The van der Waals surface area contributed by atoms with Crippen molar-refractivity contribution in [2.75, 3.05) is 5.32 Å². The number of rotatable bonds is 3. The first kappa shape index (κ1) is 10.2. The SMILES string of the molecule is CCC(C)Nc1nc(Cl)nc2nc[nH]c12. The summed E-state index contributed by atoms with van der Waals surface area (Å²) in [6.07, 6.45) is 2.59. The van der Waals surface area contributed by atoms with Gasteiger partial charge in [-0.3, -0.25) is 0 Å². The van der Waals surface area contributed by atoms with Crippen molar-refractivity contribution in [2.24, 2.45) is 0 Å². The highest BCUT2D eigenvalue weighted by Gasteiger charge is 2.10. The van der Waals surface area contributed by atoms with Gasteiger partial charge in [-0.2, -0.15) is 9.97 Å². The van der Waals surface area contributed by atoms with Crippen LogP contribution in [0.3, 0.4) is 0 Å². The summed E-state index contributed by atoms with van der Waals surface area (Å²) in [4.78, 5) is 15.2. The number of aromatic amines is 1. The minimum absolute atomic E-state index is 0.209. The lowest BCUT2D eigenvalue weighted by atomic mass is 10.2. The molecule has 0 radical (unpaired) electrons. The normalized spacial score (nSPS) is 13.0. The smallest absolute Gasteiger partial charge is 0.226 e. The second kappa shape index (κ2) is 4.02. The van der Waals surface area contributed by atoms with E-state index in [9.17, 15) is 0 Å². The standard InChI is InChI=1S/C9H12ClN5/c1-3-5(2)13-8-6-7(12-4-11-6)14-9(10)15-8/h4-5H,3H2,1-2H3,(H2,11,12,13,14,15). The third kappa shape index (κ3) is 2.02. The summed E-state index contributed by atoms with van der Waals surface area (Å²) >= 11 is 5.79. The highest BCUT2D eigenvalue weighted by atomic mass is 35.5. The van der Waals surface area contributed by atoms with Crippen LogP contribution in [0, 0.1) is 0 Å². The Balaban J connectivity index is 2.44. The molecule has 0 fully saturated rings. The zero-order chi connectivity index (χ0) is 10.8. The van der Waals surface area contributed by atoms with E-state index in [1.165, 1.54) is 0 Å². The van der Waals surface area contributed by atoms with Gasteiger partial charge < -0.3 is 10.3 Å².